The van der Waals surface area contributed by atoms with Crippen LogP contribution in [0.4, 0.5) is 13.2 Å². The second-order valence-corrected chi connectivity index (χ2v) is 6.30. The van der Waals surface area contributed by atoms with Crippen LogP contribution >= 0.6 is 7.52 Å². The van der Waals surface area contributed by atoms with Crippen molar-refractivity contribution < 1.29 is 31.8 Å². The first-order valence-electron chi connectivity index (χ1n) is 6.03. The van der Waals surface area contributed by atoms with Crippen LogP contribution < -0.4 is 10.4 Å². The third-order valence-corrected chi connectivity index (χ3v) is 4.26. The first kappa shape index (κ1) is 19.4. The van der Waals surface area contributed by atoms with Gasteiger partial charge in [-0.25, -0.2) is 5.09 Å². The molecule has 2 atom stereocenters. The molecular weight excluding hydrogens is 300 g/mol. The number of nitrogens with one attached hydrogen (secondary N) is 2. The summed E-state index contributed by atoms with van der Waals surface area (Å²) < 4.78 is 57.8. The molecule has 0 aliphatic carbocycles. The molecule has 0 aliphatic rings. The summed E-state index contributed by atoms with van der Waals surface area (Å²) in [5.41, 5.74) is 0. The van der Waals surface area contributed by atoms with Crippen LogP contribution in [0.1, 0.15) is 13.8 Å². The molecule has 0 amide bonds. The Kier molecular flexibility index (Phi) is 8.34. The predicted molar refractivity (Wildman–Crippen MR) is 67.6 cm³/mol. The Morgan fingerprint density at radius 1 is 1.40 bits per heavy atom. The van der Waals surface area contributed by atoms with Crippen LogP contribution in [0.25, 0.3) is 0 Å². The van der Waals surface area contributed by atoms with Crippen LogP contribution in [0.2, 0.25) is 0 Å². The maximum Gasteiger partial charge on any atom is 0.412 e. The topological polar surface area (TPSA) is 76.7 Å². The monoisotopic (exact) mass is 320 g/mol. The Bertz CT molecular complexity index is 352. The average Bonchev–Trinajstić information content (AvgIpc) is 2.34. The number of alkyl halides is 3. The summed E-state index contributed by atoms with van der Waals surface area (Å²) in [6.45, 7) is 1.59. The second kappa shape index (κ2) is 8.61. The van der Waals surface area contributed by atoms with Crippen LogP contribution in [0, 0.1) is 0 Å². The standard InChI is InChI=1S/C10H20F3N2O4P/c1-4-18-9(16)8(2)15-20(17,6-5-14-3)19-7-10(11,12)13/h8,14H,4-7H2,1-3H3,(H,15,17)/t8-,20-/m0/s1. The quantitative estimate of drug-likeness (QED) is 0.495. The lowest BCUT2D eigenvalue weighted by molar-refractivity contribution is -0.153. The Morgan fingerprint density at radius 2 is 2.00 bits per heavy atom. The Labute approximate surface area is 115 Å². The van der Waals surface area contributed by atoms with E-state index in [0.717, 1.165) is 0 Å². The normalized spacial score (nSPS) is 16.5. The van der Waals surface area contributed by atoms with E-state index in [9.17, 15) is 22.5 Å². The Balaban J connectivity index is 4.68. The van der Waals surface area contributed by atoms with Gasteiger partial charge in [-0.15, -0.1) is 0 Å². The van der Waals surface area contributed by atoms with Gasteiger partial charge in [0.2, 0.25) is 0 Å². The summed E-state index contributed by atoms with van der Waals surface area (Å²) >= 11 is 0. The van der Waals surface area contributed by atoms with E-state index in [1.54, 1.807) is 14.0 Å². The first-order chi connectivity index (χ1) is 9.13. The van der Waals surface area contributed by atoms with Gasteiger partial charge < -0.3 is 14.6 Å². The fourth-order valence-corrected chi connectivity index (χ4v) is 3.12. The van der Waals surface area contributed by atoms with Crippen molar-refractivity contribution in [2.75, 3.05) is 33.0 Å². The van der Waals surface area contributed by atoms with Crippen molar-refractivity contribution in [3.8, 4) is 0 Å². The zero-order chi connectivity index (χ0) is 15.8. The first-order valence-corrected chi connectivity index (χ1v) is 7.84. The lowest BCUT2D eigenvalue weighted by Gasteiger charge is -2.23. The lowest BCUT2D eigenvalue weighted by atomic mass is 10.4. The molecular formula is C10H20F3N2O4P. The lowest BCUT2D eigenvalue weighted by Crippen LogP contribution is -2.36. The third-order valence-electron chi connectivity index (χ3n) is 2.12. The maximum atomic E-state index is 12.3. The van der Waals surface area contributed by atoms with Gasteiger partial charge in [-0.2, -0.15) is 13.2 Å². The molecule has 0 heterocycles. The number of rotatable bonds is 9. The molecule has 10 heteroatoms. The molecule has 0 spiro atoms. The van der Waals surface area contributed by atoms with E-state index in [4.69, 9.17) is 0 Å². The van der Waals surface area contributed by atoms with Crippen molar-refractivity contribution in [3.05, 3.63) is 0 Å². The van der Waals surface area contributed by atoms with Gasteiger partial charge in [0.15, 0.2) is 6.61 Å². The van der Waals surface area contributed by atoms with Gasteiger partial charge in [0, 0.05) is 6.54 Å². The maximum absolute atomic E-state index is 12.3. The number of carbonyl (C=O) groups is 1. The average molecular weight is 320 g/mol. The van der Waals surface area contributed by atoms with E-state index in [1.807, 2.05) is 0 Å². The predicted octanol–water partition coefficient (Wildman–Crippen LogP) is 1.52. The smallest absolute Gasteiger partial charge is 0.412 e. The van der Waals surface area contributed by atoms with Crippen LogP contribution in [-0.2, 0) is 18.6 Å². The minimum absolute atomic E-state index is 0.120. The van der Waals surface area contributed by atoms with E-state index < -0.39 is 32.3 Å². The van der Waals surface area contributed by atoms with Crippen LogP contribution in [-0.4, -0.2) is 51.2 Å². The van der Waals surface area contributed by atoms with E-state index in [2.05, 4.69) is 19.7 Å². The Hall–Kier alpha value is -0.630. The molecule has 0 unspecified atom stereocenters. The van der Waals surface area contributed by atoms with Gasteiger partial charge in [-0.05, 0) is 20.9 Å². The highest BCUT2D eigenvalue weighted by atomic mass is 31.2. The fraction of sp³-hybridized carbons (Fsp3) is 0.900. The summed E-state index contributed by atoms with van der Waals surface area (Å²) in [6, 6.07) is -1.02. The number of hydrogen-bond donors (Lipinski definition) is 2. The third kappa shape index (κ3) is 8.52. The molecule has 0 saturated carbocycles. The highest BCUT2D eigenvalue weighted by molar-refractivity contribution is 7.56. The minimum Gasteiger partial charge on any atom is -0.465 e. The number of ether oxygens (including phenoxy) is 1. The summed E-state index contributed by atoms with van der Waals surface area (Å²) in [4.78, 5) is 11.4. The summed E-state index contributed by atoms with van der Waals surface area (Å²) in [5.74, 6) is -0.701. The second-order valence-electron chi connectivity index (χ2n) is 3.99. The summed E-state index contributed by atoms with van der Waals surface area (Å²) in [5, 5.41) is 4.96. The van der Waals surface area contributed by atoms with E-state index >= 15 is 0 Å². The number of esters is 1. The van der Waals surface area contributed by atoms with E-state index in [0.29, 0.717) is 0 Å². The molecule has 120 valence electrons. The molecule has 0 rings (SSSR count). The molecule has 6 nitrogen and oxygen atoms in total. The zero-order valence-electron chi connectivity index (χ0n) is 11.6. The van der Waals surface area contributed by atoms with E-state index in [-0.39, 0.29) is 19.3 Å². The van der Waals surface area contributed by atoms with Gasteiger partial charge in [-0.1, -0.05) is 0 Å². The molecule has 0 bridgehead atoms. The molecule has 0 aromatic carbocycles. The van der Waals surface area contributed by atoms with Crippen molar-refractivity contribution >= 4 is 13.5 Å². The van der Waals surface area contributed by atoms with Gasteiger partial charge in [0.05, 0.1) is 12.8 Å². The highest BCUT2D eigenvalue weighted by Crippen LogP contribution is 2.43. The van der Waals surface area contributed by atoms with Gasteiger partial charge in [-0.3, -0.25) is 9.36 Å². The number of hydrogen-bond acceptors (Lipinski definition) is 5. The largest absolute Gasteiger partial charge is 0.465 e. The molecule has 0 fully saturated rings. The highest BCUT2D eigenvalue weighted by Gasteiger charge is 2.35. The Morgan fingerprint density at radius 3 is 2.45 bits per heavy atom. The fourth-order valence-electron chi connectivity index (χ4n) is 1.22. The van der Waals surface area contributed by atoms with Crippen molar-refractivity contribution in [1.82, 2.24) is 10.4 Å². The number of carbonyl (C=O) groups excluding carboxylic acids is 1. The molecule has 0 saturated heterocycles. The molecule has 0 aromatic rings. The molecule has 0 aliphatic heterocycles. The number of halogens is 3. The van der Waals surface area contributed by atoms with Gasteiger partial charge in [0.25, 0.3) is 7.52 Å². The van der Waals surface area contributed by atoms with E-state index in [1.165, 1.54) is 6.92 Å². The molecule has 0 radical (unpaired) electrons. The summed E-state index contributed by atoms with van der Waals surface area (Å²) in [6.07, 6.45) is -4.77. The van der Waals surface area contributed by atoms with Crippen molar-refractivity contribution in [2.24, 2.45) is 0 Å². The SMILES string of the molecule is CCOC(=O)[C@H](C)N[P@](=O)(CCNC)OCC(F)(F)F. The molecule has 2 N–H and O–H groups in total. The van der Waals surface area contributed by atoms with Gasteiger partial charge in [0.1, 0.15) is 6.04 Å². The molecule has 0 aromatic heterocycles. The van der Waals surface area contributed by atoms with Crippen LogP contribution in [0.3, 0.4) is 0 Å². The summed E-state index contributed by atoms with van der Waals surface area (Å²) in [7, 11) is -2.24. The van der Waals surface area contributed by atoms with Gasteiger partial charge >= 0.3 is 12.1 Å². The van der Waals surface area contributed by atoms with Crippen molar-refractivity contribution in [3.63, 3.8) is 0 Å². The minimum atomic E-state index is -4.59. The zero-order valence-corrected chi connectivity index (χ0v) is 12.5. The van der Waals surface area contributed by atoms with Crippen LogP contribution in [0.15, 0.2) is 0 Å². The molecule has 20 heavy (non-hydrogen) atoms. The van der Waals surface area contributed by atoms with Crippen molar-refractivity contribution in [1.29, 1.82) is 0 Å². The van der Waals surface area contributed by atoms with Crippen molar-refractivity contribution in [2.45, 2.75) is 26.1 Å². The van der Waals surface area contributed by atoms with Crippen LogP contribution in [0.5, 0.6) is 0 Å².